The molecule has 44 heteroatoms. The van der Waals surface area contributed by atoms with Crippen LogP contribution in [0.25, 0.3) is 0 Å². The van der Waals surface area contributed by atoms with Gasteiger partial charge in [0.25, 0.3) is 0 Å². The fourth-order valence-electron chi connectivity index (χ4n) is 3.70. The predicted molar refractivity (Wildman–Crippen MR) is 106 cm³/mol. The summed E-state index contributed by atoms with van der Waals surface area (Å²) >= 11 is 0. The van der Waals surface area contributed by atoms with Crippen LogP contribution < -0.4 is 0 Å². The Labute approximate surface area is 300 Å². The molecule has 0 aliphatic heterocycles. The van der Waals surface area contributed by atoms with Gasteiger partial charge in [-0.25, -0.2) is 0 Å². The fourth-order valence-corrected chi connectivity index (χ4v) is 15.7. The summed E-state index contributed by atoms with van der Waals surface area (Å²) in [4.78, 5) is 0. The molecule has 0 atom stereocenters. The average Bonchev–Trinajstić information content (AvgIpc) is 2.91. The van der Waals surface area contributed by atoms with E-state index in [9.17, 15) is 162 Å². The zero-order valence-corrected chi connectivity index (χ0v) is 28.1. The van der Waals surface area contributed by atoms with Gasteiger partial charge in [0, 0.05) is 0 Å². The molecule has 0 heterocycles. The fraction of sp³-hybridized carbons (Fsp3) is 1.00. The first-order valence-corrected chi connectivity index (χ1v) is 17.3. The molecule has 2 nitrogen and oxygen atoms in total. The Morgan fingerprint density at radius 3 is 0.483 bits per heavy atom. The summed E-state index contributed by atoms with van der Waals surface area (Å²) in [5.74, 6) is -19.8. The largest absolute Gasteiger partial charge is 0.460 e. The molecule has 0 saturated heterocycles. The minimum atomic E-state index is -13.5. The molecule has 0 saturated carbocycles. The zero-order chi connectivity index (χ0) is 50.0. The SMILES string of the molecule is FC(F)(F)C(F)(F)C(F)(F)C(F)(F)[Si](O[Si](C(F)(F)C(F)(F)F)(C(F)(F)C(F)(F)F)C(F)(F)C(F)(F)F)O[Si](C(F)(F)C(F)(F)F)(C(F)(F)C(F)(F)F)C(F)(F)C(F)(F)F. The van der Waals surface area contributed by atoms with Crippen LogP contribution >= 0.6 is 0 Å². The van der Waals surface area contributed by atoms with Crippen LogP contribution in [0.3, 0.4) is 0 Å². The third kappa shape index (κ3) is 7.58. The molecule has 60 heavy (non-hydrogen) atoms. The van der Waals surface area contributed by atoms with Crippen LogP contribution in [-0.4, -0.2) is 120 Å². The lowest BCUT2D eigenvalue weighted by Gasteiger charge is -2.51. The Morgan fingerprint density at radius 2 is 0.367 bits per heavy atom. The van der Waals surface area contributed by atoms with Gasteiger partial charge in [0.1, 0.15) is 0 Å². The summed E-state index contributed by atoms with van der Waals surface area (Å²) in [5.41, 5.74) is -72.4. The van der Waals surface area contributed by atoms with Crippen molar-refractivity contribution in [3.8, 4) is 0 Å². The summed E-state index contributed by atoms with van der Waals surface area (Å²) in [7, 11) is -38.2. The van der Waals surface area contributed by atoms with E-state index < -0.39 is 120 Å². The van der Waals surface area contributed by atoms with E-state index >= 15 is 8.78 Å². The van der Waals surface area contributed by atoms with E-state index in [1.807, 2.05) is 0 Å². The first-order chi connectivity index (χ1) is 25.1. The van der Waals surface area contributed by atoms with Crippen LogP contribution in [-0.2, 0) is 8.23 Å². The highest BCUT2D eigenvalue weighted by Crippen LogP contribution is 2.67. The summed E-state index contributed by atoms with van der Waals surface area (Å²) < 4.78 is 538. The third-order valence-corrected chi connectivity index (χ3v) is 18.4. The van der Waals surface area contributed by atoms with Gasteiger partial charge in [-0.2, -0.15) is 171 Å². The summed E-state index contributed by atoms with van der Waals surface area (Å²) in [5, 5.41) is 0. The van der Waals surface area contributed by atoms with E-state index in [4.69, 9.17) is 0 Å². The number of alkyl halides is 39. The molecule has 0 amide bonds. The minimum Gasteiger partial charge on any atom is -0.418 e. The first-order valence-electron chi connectivity index (χ1n) is 12.2. The maximum absolute atomic E-state index is 15.0. The van der Waals surface area contributed by atoms with Gasteiger partial charge < -0.3 is 8.23 Å². The molecule has 361 valence electrons. The van der Waals surface area contributed by atoms with Crippen LogP contribution in [0.5, 0.6) is 0 Å². The van der Waals surface area contributed by atoms with E-state index in [1.165, 1.54) is 0 Å². The Balaban J connectivity index is 10.5. The van der Waals surface area contributed by atoms with Crippen molar-refractivity contribution >= 4 is 25.9 Å². The van der Waals surface area contributed by atoms with Crippen molar-refractivity contribution in [1.29, 1.82) is 0 Å². The molecule has 0 aromatic carbocycles. The van der Waals surface area contributed by atoms with Gasteiger partial charge in [-0.1, -0.05) is 0 Å². The van der Waals surface area contributed by atoms with Crippen LogP contribution in [0, 0.1) is 0 Å². The quantitative estimate of drug-likeness (QED) is 0.135. The molecule has 0 aromatic rings. The second-order valence-electron chi connectivity index (χ2n) is 10.5. The van der Waals surface area contributed by atoms with Crippen molar-refractivity contribution in [2.75, 3.05) is 0 Å². The standard InChI is InChI=1S/C16F39O2Si3/c17-1(18,3(21,22)23)2(19,20)10(42,43)58(56-59(11(44,45)4(24,25)26,12(46,47)5(27,28)29)13(48,49)6(30,31)32)57-60(14(50,51)7(33,34)35,15(52,53)8(36,37)38)16(54,55)9(39,40)41. The average molecular weight is 1050 g/mol. The molecule has 0 unspecified atom stereocenters. The molecule has 0 aliphatic carbocycles. The molecule has 0 spiro atoms. The summed E-state index contributed by atoms with van der Waals surface area (Å²) in [6, 6.07) is 0. The number of hydrogen-bond acceptors (Lipinski definition) is 2. The van der Waals surface area contributed by atoms with Crippen molar-refractivity contribution in [3.63, 3.8) is 0 Å². The Morgan fingerprint density at radius 1 is 0.217 bits per heavy atom. The smallest absolute Gasteiger partial charge is 0.418 e. The topological polar surface area (TPSA) is 18.5 Å². The van der Waals surface area contributed by atoms with Gasteiger partial charge in [-0.3, -0.25) is 0 Å². The van der Waals surface area contributed by atoms with Gasteiger partial charge in [-0.05, 0) is 0 Å². The number of rotatable bonds is 13. The maximum atomic E-state index is 15.0. The summed E-state index contributed by atoms with van der Waals surface area (Å²) in [6.45, 7) is 0. The van der Waals surface area contributed by atoms with E-state index in [0.29, 0.717) is 0 Å². The van der Waals surface area contributed by atoms with Crippen molar-refractivity contribution in [1.82, 2.24) is 0 Å². The normalized spacial score (nSPS) is 17.2. The Hall–Kier alpha value is -2.16. The monoisotopic (exact) mass is 1050 g/mol. The van der Waals surface area contributed by atoms with E-state index in [0.717, 1.165) is 8.23 Å². The maximum Gasteiger partial charge on any atom is 0.460 e. The zero-order valence-electron chi connectivity index (χ0n) is 25.1. The third-order valence-electron chi connectivity index (χ3n) is 6.68. The molecule has 0 aromatic heterocycles. The Bertz CT molecular complexity index is 1300. The molecular formula is C16F39O2Si3. The molecule has 0 N–H and O–H groups in total. The van der Waals surface area contributed by atoms with Crippen LogP contribution in [0.1, 0.15) is 0 Å². The molecular weight excluding hydrogens is 1050 g/mol. The van der Waals surface area contributed by atoms with Crippen molar-refractivity contribution in [3.05, 3.63) is 0 Å². The minimum absolute atomic E-state index is 0.861. The lowest BCUT2D eigenvalue weighted by molar-refractivity contribution is -0.386. The van der Waals surface area contributed by atoms with Gasteiger partial charge in [0.2, 0.25) is 0 Å². The highest BCUT2D eigenvalue weighted by molar-refractivity contribution is 6.90. The van der Waals surface area contributed by atoms with Crippen LogP contribution in [0.15, 0.2) is 0 Å². The van der Waals surface area contributed by atoms with Crippen LogP contribution in [0.2, 0.25) is 0 Å². The van der Waals surface area contributed by atoms with E-state index in [-0.39, 0.29) is 0 Å². The lowest BCUT2D eigenvalue weighted by atomic mass is 10.1. The van der Waals surface area contributed by atoms with Gasteiger partial charge in [0.05, 0.1) is 0 Å². The number of hydrogen-bond donors (Lipinski definition) is 0. The second kappa shape index (κ2) is 14.4. The Kier molecular flexibility index (Phi) is 13.9. The molecule has 0 rings (SSSR count). The van der Waals surface area contributed by atoms with Crippen molar-refractivity contribution in [2.45, 2.75) is 93.9 Å². The van der Waals surface area contributed by atoms with E-state index in [1.54, 1.807) is 0 Å². The molecule has 1 radical (unpaired) electrons. The number of halogens is 39. The van der Waals surface area contributed by atoms with Gasteiger partial charge in [-0.15, -0.1) is 0 Å². The first kappa shape index (κ1) is 57.8. The lowest BCUT2D eigenvalue weighted by Crippen LogP contribution is -2.90. The summed E-state index contributed by atoms with van der Waals surface area (Å²) in [6.07, 6.45) is -66.6. The second-order valence-corrected chi connectivity index (χ2v) is 19.8. The van der Waals surface area contributed by atoms with Gasteiger partial charge in [0.15, 0.2) is 0 Å². The van der Waals surface area contributed by atoms with Crippen molar-refractivity contribution < 1.29 is 179 Å². The predicted octanol–water partition coefficient (Wildman–Crippen LogP) is 11.8. The van der Waals surface area contributed by atoms with E-state index in [2.05, 4.69) is 0 Å². The highest BCUT2D eigenvalue weighted by Gasteiger charge is 3.05. The van der Waals surface area contributed by atoms with Gasteiger partial charge >= 0.3 is 120 Å². The molecule has 0 fully saturated rings. The molecule has 0 aliphatic rings. The highest BCUT2D eigenvalue weighted by atomic mass is 28.4. The molecule has 0 bridgehead atoms. The van der Waals surface area contributed by atoms with Crippen molar-refractivity contribution in [2.24, 2.45) is 0 Å². The van der Waals surface area contributed by atoms with Crippen LogP contribution in [0.4, 0.5) is 171 Å².